The number of urea groups is 1. The van der Waals surface area contributed by atoms with E-state index in [2.05, 4.69) is 15.0 Å². The number of benzene rings is 2. The molecule has 0 atom stereocenters. The van der Waals surface area contributed by atoms with Gasteiger partial charge in [-0.05, 0) is 42.5 Å². The number of aromatic nitrogens is 4. The lowest BCUT2D eigenvalue weighted by atomic mass is 10.2. The van der Waals surface area contributed by atoms with E-state index in [0.29, 0.717) is 34.8 Å². The normalized spacial score (nSPS) is 11.4. The molecule has 33 heavy (non-hydrogen) atoms. The SMILES string of the molecule is Cn1cnc2ccc(Oc3ccc(N(C(N)=O)c4cc(C(F)(F)F)ncn4)cc3)cc2c1=O. The lowest BCUT2D eigenvalue weighted by molar-refractivity contribution is -0.141. The number of ether oxygens (including phenoxy) is 1. The van der Waals surface area contributed by atoms with E-state index in [1.807, 2.05) is 0 Å². The average molecular weight is 456 g/mol. The number of nitrogens with zero attached hydrogens (tertiary/aromatic N) is 5. The summed E-state index contributed by atoms with van der Waals surface area (Å²) in [6.07, 6.45) is -2.59. The van der Waals surface area contributed by atoms with Crippen LogP contribution in [0, 0.1) is 0 Å². The minimum absolute atomic E-state index is 0.165. The van der Waals surface area contributed by atoms with Crippen LogP contribution in [0.1, 0.15) is 5.69 Å². The molecule has 2 aromatic heterocycles. The van der Waals surface area contributed by atoms with Crippen molar-refractivity contribution in [2.45, 2.75) is 6.18 Å². The van der Waals surface area contributed by atoms with Gasteiger partial charge in [-0.3, -0.25) is 4.79 Å². The van der Waals surface area contributed by atoms with Crippen LogP contribution in [-0.4, -0.2) is 25.6 Å². The quantitative estimate of drug-likeness (QED) is 0.500. The van der Waals surface area contributed by atoms with Crippen molar-refractivity contribution in [3.63, 3.8) is 0 Å². The van der Waals surface area contributed by atoms with E-state index in [4.69, 9.17) is 10.5 Å². The third-order valence-electron chi connectivity index (χ3n) is 4.61. The number of halogens is 3. The van der Waals surface area contributed by atoms with Crippen LogP contribution in [0.3, 0.4) is 0 Å². The molecule has 2 N–H and O–H groups in total. The Kier molecular flexibility index (Phi) is 5.42. The largest absolute Gasteiger partial charge is 0.457 e. The maximum absolute atomic E-state index is 13.0. The summed E-state index contributed by atoms with van der Waals surface area (Å²) < 4.78 is 46.0. The van der Waals surface area contributed by atoms with Crippen LogP contribution in [0.15, 0.2) is 66.0 Å². The summed E-state index contributed by atoms with van der Waals surface area (Å²) in [6, 6.07) is 10.3. The van der Waals surface area contributed by atoms with Crippen LogP contribution in [0.5, 0.6) is 11.5 Å². The Balaban J connectivity index is 1.62. The molecule has 9 nitrogen and oxygen atoms in total. The molecular formula is C21H15F3N6O3. The molecule has 0 spiro atoms. The zero-order chi connectivity index (χ0) is 23.8. The van der Waals surface area contributed by atoms with Crippen molar-refractivity contribution in [2.75, 3.05) is 4.90 Å². The van der Waals surface area contributed by atoms with Crippen LogP contribution in [0.4, 0.5) is 29.5 Å². The number of alkyl halides is 3. The summed E-state index contributed by atoms with van der Waals surface area (Å²) in [4.78, 5) is 36.1. The van der Waals surface area contributed by atoms with Crippen LogP contribution >= 0.6 is 0 Å². The molecule has 0 unspecified atom stereocenters. The number of carbonyl (C=O) groups is 1. The van der Waals surface area contributed by atoms with Gasteiger partial charge in [-0.25, -0.2) is 24.6 Å². The summed E-state index contributed by atoms with van der Waals surface area (Å²) in [5.41, 5.74) is 4.61. The minimum atomic E-state index is -4.71. The third-order valence-corrected chi connectivity index (χ3v) is 4.61. The summed E-state index contributed by atoms with van der Waals surface area (Å²) in [7, 11) is 1.58. The van der Waals surface area contributed by atoms with Gasteiger partial charge in [0, 0.05) is 13.1 Å². The van der Waals surface area contributed by atoms with E-state index in [0.717, 1.165) is 4.90 Å². The first-order valence-electron chi connectivity index (χ1n) is 9.35. The molecule has 4 rings (SSSR count). The molecule has 4 aromatic rings. The van der Waals surface area contributed by atoms with Gasteiger partial charge in [0.2, 0.25) is 0 Å². The van der Waals surface area contributed by atoms with Crippen molar-refractivity contribution in [1.29, 1.82) is 0 Å². The molecule has 168 valence electrons. The lowest BCUT2D eigenvalue weighted by Crippen LogP contribution is -2.32. The molecule has 0 saturated carbocycles. The van der Waals surface area contributed by atoms with Crippen molar-refractivity contribution >= 4 is 28.4 Å². The molecule has 0 aliphatic carbocycles. The zero-order valence-electron chi connectivity index (χ0n) is 16.9. The zero-order valence-corrected chi connectivity index (χ0v) is 16.9. The average Bonchev–Trinajstić information content (AvgIpc) is 2.77. The first-order valence-corrected chi connectivity index (χ1v) is 9.35. The molecule has 2 amide bonds. The Labute approximate surface area is 183 Å². The van der Waals surface area contributed by atoms with Gasteiger partial charge < -0.3 is 15.0 Å². The van der Waals surface area contributed by atoms with Crippen LogP contribution in [0.25, 0.3) is 10.9 Å². The number of aryl methyl sites for hydroxylation is 1. The standard InChI is InChI=1S/C21H15F3N6O3/c1-29-11-28-16-7-6-14(8-15(16)19(29)31)33-13-4-2-12(3-5-13)30(20(25)32)18-9-17(21(22,23)24)26-10-27-18/h2-11H,1H3,(H2,25,32). The van der Waals surface area contributed by atoms with Crippen molar-refractivity contribution < 1.29 is 22.7 Å². The number of anilines is 2. The smallest absolute Gasteiger partial charge is 0.433 e. The molecule has 0 aliphatic rings. The summed E-state index contributed by atoms with van der Waals surface area (Å²) in [5, 5.41) is 0.373. The Morgan fingerprint density at radius 2 is 1.73 bits per heavy atom. The summed E-state index contributed by atoms with van der Waals surface area (Å²) in [6.45, 7) is 0. The first kappa shape index (κ1) is 21.7. The number of primary amides is 1. The second kappa shape index (κ2) is 8.22. The second-order valence-corrected chi connectivity index (χ2v) is 6.87. The van der Waals surface area contributed by atoms with Gasteiger partial charge in [-0.2, -0.15) is 13.2 Å². The number of fused-ring (bicyclic) bond motifs is 1. The Morgan fingerprint density at radius 3 is 2.39 bits per heavy atom. The molecule has 0 saturated heterocycles. The number of amides is 2. The van der Waals surface area contributed by atoms with E-state index in [1.54, 1.807) is 25.2 Å². The lowest BCUT2D eigenvalue weighted by Gasteiger charge is -2.20. The molecule has 2 heterocycles. The van der Waals surface area contributed by atoms with Gasteiger partial charge in [0.05, 0.1) is 22.9 Å². The predicted molar refractivity (Wildman–Crippen MR) is 112 cm³/mol. The highest BCUT2D eigenvalue weighted by atomic mass is 19.4. The molecule has 0 bridgehead atoms. The second-order valence-electron chi connectivity index (χ2n) is 6.87. The monoisotopic (exact) mass is 456 g/mol. The summed E-state index contributed by atoms with van der Waals surface area (Å²) in [5.74, 6) is 0.385. The number of nitrogens with two attached hydrogens (primary N) is 1. The highest BCUT2D eigenvalue weighted by molar-refractivity contribution is 5.97. The van der Waals surface area contributed by atoms with Gasteiger partial charge in [0.25, 0.3) is 5.56 Å². The van der Waals surface area contributed by atoms with Crippen molar-refractivity contribution in [3.8, 4) is 11.5 Å². The molecule has 12 heteroatoms. The van der Waals surface area contributed by atoms with Crippen molar-refractivity contribution in [1.82, 2.24) is 19.5 Å². The van der Waals surface area contributed by atoms with Crippen LogP contribution in [0.2, 0.25) is 0 Å². The first-order chi connectivity index (χ1) is 15.6. The molecular weight excluding hydrogens is 441 g/mol. The molecule has 0 aliphatic heterocycles. The third kappa shape index (κ3) is 4.44. The Bertz CT molecular complexity index is 1400. The summed E-state index contributed by atoms with van der Waals surface area (Å²) >= 11 is 0. The number of carbonyl (C=O) groups excluding carboxylic acids is 1. The van der Waals surface area contributed by atoms with Crippen molar-refractivity contribution in [2.24, 2.45) is 12.8 Å². The predicted octanol–water partition coefficient (Wildman–Crippen LogP) is 3.75. The van der Waals surface area contributed by atoms with Crippen LogP contribution < -0.4 is 20.9 Å². The number of rotatable bonds is 4. The minimum Gasteiger partial charge on any atom is -0.457 e. The van der Waals surface area contributed by atoms with E-state index < -0.39 is 17.9 Å². The molecule has 0 fully saturated rings. The van der Waals surface area contributed by atoms with Crippen LogP contribution in [-0.2, 0) is 13.2 Å². The van der Waals surface area contributed by atoms with Gasteiger partial charge >= 0.3 is 12.2 Å². The maximum Gasteiger partial charge on any atom is 0.433 e. The highest BCUT2D eigenvalue weighted by Gasteiger charge is 2.33. The van der Waals surface area contributed by atoms with E-state index in [-0.39, 0.29) is 17.1 Å². The Hall–Kier alpha value is -4.48. The van der Waals surface area contributed by atoms with Gasteiger partial charge in [-0.1, -0.05) is 0 Å². The van der Waals surface area contributed by atoms with Gasteiger partial charge in [-0.15, -0.1) is 0 Å². The van der Waals surface area contributed by atoms with E-state index >= 15 is 0 Å². The Morgan fingerprint density at radius 1 is 1.03 bits per heavy atom. The highest BCUT2D eigenvalue weighted by Crippen LogP contribution is 2.32. The fourth-order valence-corrected chi connectivity index (χ4v) is 3.05. The van der Waals surface area contributed by atoms with Crippen molar-refractivity contribution in [3.05, 3.63) is 77.2 Å². The fourth-order valence-electron chi connectivity index (χ4n) is 3.05. The number of hydrogen-bond acceptors (Lipinski definition) is 6. The molecule has 0 radical (unpaired) electrons. The maximum atomic E-state index is 13.0. The number of hydrogen-bond donors (Lipinski definition) is 1. The fraction of sp³-hybridized carbons (Fsp3) is 0.0952. The van der Waals surface area contributed by atoms with E-state index in [9.17, 15) is 22.8 Å². The molecule has 2 aromatic carbocycles. The topological polar surface area (TPSA) is 116 Å². The van der Waals surface area contributed by atoms with E-state index in [1.165, 1.54) is 35.2 Å². The van der Waals surface area contributed by atoms with Gasteiger partial charge in [0.15, 0.2) is 0 Å². The van der Waals surface area contributed by atoms with Gasteiger partial charge in [0.1, 0.15) is 29.3 Å².